The van der Waals surface area contributed by atoms with E-state index in [0.29, 0.717) is 0 Å². The van der Waals surface area contributed by atoms with Crippen LogP contribution in [0, 0.1) is 0 Å². The van der Waals surface area contributed by atoms with Crippen molar-refractivity contribution in [2.75, 3.05) is 16.7 Å². The van der Waals surface area contributed by atoms with E-state index in [1.165, 1.54) is 15.5 Å². The molecule has 0 amide bonds. The van der Waals surface area contributed by atoms with Gasteiger partial charge >= 0.3 is 0 Å². The highest BCUT2D eigenvalue weighted by Crippen LogP contribution is 2.38. The SMILES string of the molecule is Brc1ccccc1N1CSc2ccccc2SC1. The Morgan fingerprint density at radius 2 is 1.39 bits per heavy atom. The molecule has 2 aromatic carbocycles. The second-order valence-electron chi connectivity index (χ2n) is 3.98. The molecule has 0 fully saturated rings. The summed E-state index contributed by atoms with van der Waals surface area (Å²) in [5.74, 6) is 1.99. The van der Waals surface area contributed by atoms with Crippen molar-refractivity contribution >= 4 is 45.1 Å². The normalized spacial score (nSPS) is 15.1. The van der Waals surface area contributed by atoms with Gasteiger partial charge in [-0.2, -0.15) is 0 Å². The van der Waals surface area contributed by atoms with Crippen LogP contribution in [-0.2, 0) is 0 Å². The summed E-state index contributed by atoms with van der Waals surface area (Å²) in [6.07, 6.45) is 0. The van der Waals surface area contributed by atoms with Crippen LogP contribution >= 0.6 is 39.5 Å². The summed E-state index contributed by atoms with van der Waals surface area (Å²) in [7, 11) is 0. The zero-order chi connectivity index (χ0) is 12.4. The van der Waals surface area contributed by atoms with Gasteiger partial charge in [-0.3, -0.25) is 0 Å². The minimum Gasteiger partial charge on any atom is -0.351 e. The third kappa shape index (κ3) is 2.56. The molecule has 3 rings (SSSR count). The van der Waals surface area contributed by atoms with Crippen LogP contribution in [0.2, 0.25) is 0 Å². The second kappa shape index (κ2) is 5.59. The number of halogens is 1. The third-order valence-corrected chi connectivity index (χ3v) is 5.81. The zero-order valence-corrected chi connectivity index (χ0v) is 12.9. The fourth-order valence-corrected chi connectivity index (χ4v) is 4.69. The summed E-state index contributed by atoms with van der Waals surface area (Å²) in [6.45, 7) is 0. The number of nitrogens with zero attached hydrogens (tertiary/aromatic N) is 1. The first-order chi connectivity index (χ1) is 8.84. The van der Waals surface area contributed by atoms with E-state index in [0.717, 1.165) is 16.2 Å². The van der Waals surface area contributed by atoms with Gasteiger partial charge in [-0.1, -0.05) is 24.3 Å². The maximum absolute atomic E-state index is 3.63. The average molecular weight is 338 g/mol. The largest absolute Gasteiger partial charge is 0.351 e. The van der Waals surface area contributed by atoms with E-state index in [4.69, 9.17) is 0 Å². The van der Waals surface area contributed by atoms with E-state index in [2.05, 4.69) is 69.4 Å². The molecule has 0 saturated heterocycles. The number of thioether (sulfide) groups is 2. The minimum atomic E-state index is 0.993. The van der Waals surface area contributed by atoms with Gasteiger partial charge in [0.15, 0.2) is 0 Å². The molecule has 0 bridgehead atoms. The zero-order valence-electron chi connectivity index (χ0n) is 9.67. The molecule has 4 heteroatoms. The van der Waals surface area contributed by atoms with Crippen LogP contribution in [-0.4, -0.2) is 11.8 Å². The Kier molecular flexibility index (Phi) is 3.87. The van der Waals surface area contributed by atoms with Crippen LogP contribution in [0.1, 0.15) is 0 Å². The number of para-hydroxylation sites is 1. The van der Waals surface area contributed by atoms with Crippen LogP contribution in [0.15, 0.2) is 62.8 Å². The Hall–Kier alpha value is -0.580. The van der Waals surface area contributed by atoms with E-state index in [-0.39, 0.29) is 0 Å². The van der Waals surface area contributed by atoms with Crippen LogP contribution in [0.4, 0.5) is 5.69 Å². The molecule has 0 aliphatic carbocycles. The highest BCUT2D eigenvalue weighted by molar-refractivity contribution is 9.10. The van der Waals surface area contributed by atoms with Crippen LogP contribution in [0.5, 0.6) is 0 Å². The number of hydrogen-bond acceptors (Lipinski definition) is 3. The van der Waals surface area contributed by atoms with Crippen molar-refractivity contribution in [1.82, 2.24) is 0 Å². The van der Waals surface area contributed by atoms with Crippen molar-refractivity contribution < 1.29 is 0 Å². The highest BCUT2D eigenvalue weighted by Gasteiger charge is 2.16. The predicted octanol–water partition coefficient (Wildman–Crippen LogP) is 5.07. The van der Waals surface area contributed by atoms with Crippen molar-refractivity contribution in [1.29, 1.82) is 0 Å². The monoisotopic (exact) mass is 337 g/mol. The molecule has 1 aliphatic heterocycles. The lowest BCUT2D eigenvalue weighted by Gasteiger charge is -2.22. The van der Waals surface area contributed by atoms with Crippen molar-refractivity contribution in [3.63, 3.8) is 0 Å². The molecule has 0 aromatic heterocycles. The smallest absolute Gasteiger partial charge is 0.0695 e. The van der Waals surface area contributed by atoms with Gasteiger partial charge in [0.1, 0.15) is 0 Å². The molecule has 1 heterocycles. The summed E-state index contributed by atoms with van der Waals surface area (Å²) >= 11 is 7.44. The summed E-state index contributed by atoms with van der Waals surface area (Å²) in [4.78, 5) is 5.17. The molecule has 2 aromatic rings. The maximum atomic E-state index is 3.63. The Morgan fingerprint density at radius 3 is 2.00 bits per heavy atom. The van der Waals surface area contributed by atoms with Gasteiger partial charge < -0.3 is 4.90 Å². The average Bonchev–Trinajstić information content (AvgIpc) is 2.62. The molecule has 0 N–H and O–H groups in total. The molecule has 0 atom stereocenters. The van der Waals surface area contributed by atoms with Gasteiger partial charge in [-0.15, -0.1) is 23.5 Å². The van der Waals surface area contributed by atoms with Crippen molar-refractivity contribution in [2.45, 2.75) is 9.79 Å². The van der Waals surface area contributed by atoms with Crippen LogP contribution in [0.25, 0.3) is 0 Å². The third-order valence-electron chi connectivity index (χ3n) is 2.79. The van der Waals surface area contributed by atoms with E-state index in [9.17, 15) is 0 Å². The lowest BCUT2D eigenvalue weighted by Crippen LogP contribution is -2.21. The summed E-state index contributed by atoms with van der Waals surface area (Å²) in [5, 5.41) is 0. The van der Waals surface area contributed by atoms with Gasteiger partial charge in [0, 0.05) is 14.3 Å². The van der Waals surface area contributed by atoms with E-state index in [1.807, 2.05) is 23.5 Å². The van der Waals surface area contributed by atoms with Gasteiger partial charge in [-0.05, 0) is 40.2 Å². The second-order valence-corrected chi connectivity index (χ2v) is 6.81. The number of fused-ring (bicyclic) bond motifs is 1. The molecule has 1 nitrogen and oxygen atoms in total. The Bertz CT molecular complexity index is 532. The molecule has 1 aliphatic rings. The predicted molar refractivity (Wildman–Crippen MR) is 84.5 cm³/mol. The fourth-order valence-electron chi connectivity index (χ4n) is 1.87. The first kappa shape index (κ1) is 12.5. The minimum absolute atomic E-state index is 0.993. The van der Waals surface area contributed by atoms with E-state index >= 15 is 0 Å². The van der Waals surface area contributed by atoms with Gasteiger partial charge in [-0.25, -0.2) is 0 Å². The Morgan fingerprint density at radius 1 is 0.833 bits per heavy atom. The van der Waals surface area contributed by atoms with Crippen LogP contribution in [0.3, 0.4) is 0 Å². The first-order valence-electron chi connectivity index (χ1n) is 5.69. The number of anilines is 1. The summed E-state index contributed by atoms with van der Waals surface area (Å²) < 4.78 is 1.16. The molecular formula is C14H12BrNS2. The van der Waals surface area contributed by atoms with Crippen molar-refractivity contribution in [2.24, 2.45) is 0 Å². The van der Waals surface area contributed by atoms with Crippen molar-refractivity contribution in [3.05, 3.63) is 53.0 Å². The Labute approximate surface area is 124 Å². The summed E-state index contributed by atoms with van der Waals surface area (Å²) in [5.41, 5.74) is 1.27. The van der Waals surface area contributed by atoms with Gasteiger partial charge in [0.25, 0.3) is 0 Å². The lowest BCUT2D eigenvalue weighted by atomic mass is 10.3. The van der Waals surface area contributed by atoms with Gasteiger partial charge in [0.2, 0.25) is 0 Å². The van der Waals surface area contributed by atoms with Crippen LogP contribution < -0.4 is 4.90 Å². The van der Waals surface area contributed by atoms with Crippen molar-refractivity contribution in [3.8, 4) is 0 Å². The molecule has 92 valence electrons. The summed E-state index contributed by atoms with van der Waals surface area (Å²) in [6, 6.07) is 17.0. The number of benzene rings is 2. The molecule has 0 radical (unpaired) electrons. The van der Waals surface area contributed by atoms with E-state index < -0.39 is 0 Å². The quantitative estimate of drug-likeness (QED) is 0.715. The standard InChI is InChI=1S/C14H12BrNS2/c15-11-5-1-2-6-12(11)16-9-17-13-7-3-4-8-14(13)18-10-16/h1-8H,9-10H2. The molecule has 0 unspecified atom stereocenters. The highest BCUT2D eigenvalue weighted by atomic mass is 79.9. The van der Waals surface area contributed by atoms with Gasteiger partial charge in [0.05, 0.1) is 17.4 Å². The first-order valence-corrected chi connectivity index (χ1v) is 8.45. The number of rotatable bonds is 1. The fraction of sp³-hybridized carbons (Fsp3) is 0.143. The molecular weight excluding hydrogens is 326 g/mol. The number of hydrogen-bond donors (Lipinski definition) is 0. The maximum Gasteiger partial charge on any atom is 0.0695 e. The topological polar surface area (TPSA) is 3.24 Å². The molecule has 18 heavy (non-hydrogen) atoms. The molecule has 0 saturated carbocycles. The van der Waals surface area contributed by atoms with E-state index in [1.54, 1.807) is 0 Å². The Balaban J connectivity index is 1.85. The lowest BCUT2D eigenvalue weighted by molar-refractivity contribution is 1.06. The molecule has 0 spiro atoms.